The van der Waals surface area contributed by atoms with E-state index in [4.69, 9.17) is 15.6 Å². The van der Waals surface area contributed by atoms with Gasteiger partial charge in [-0.1, -0.05) is 116 Å². The van der Waals surface area contributed by atoms with E-state index in [0.29, 0.717) is 55.9 Å². The summed E-state index contributed by atoms with van der Waals surface area (Å²) in [5.41, 5.74) is 9.41. The normalized spacial score (nSPS) is 13.1. The number of nitrogens with zero attached hydrogens (tertiary/aromatic N) is 6. The molecule has 1 fully saturated rings. The molecule has 1 saturated heterocycles. The quantitative estimate of drug-likeness (QED) is 0.0660. The van der Waals surface area contributed by atoms with E-state index in [1.807, 2.05) is 15.8 Å². The number of piperazine rings is 1. The number of carbonyl (C=O) groups excluding carboxylic acids is 2. The van der Waals surface area contributed by atoms with Crippen LogP contribution in [0.5, 0.6) is 5.75 Å². The van der Waals surface area contributed by atoms with Gasteiger partial charge in [-0.25, -0.2) is 4.98 Å². The molecule has 0 aliphatic carbocycles. The smallest absolute Gasteiger partial charge is 0.224 e. The van der Waals surface area contributed by atoms with Gasteiger partial charge < -0.3 is 30.9 Å². The van der Waals surface area contributed by atoms with E-state index in [1.54, 1.807) is 7.11 Å². The zero-order chi connectivity index (χ0) is 38.4. The van der Waals surface area contributed by atoms with Gasteiger partial charge in [-0.05, 0) is 18.9 Å². The maximum absolute atomic E-state index is 12.9. The summed E-state index contributed by atoms with van der Waals surface area (Å²) in [4.78, 5) is 38.2. The Kier molecular flexibility index (Phi) is 19.2. The van der Waals surface area contributed by atoms with Crippen LogP contribution in [-0.2, 0) is 16.1 Å². The Hall–Kier alpha value is -4.09. The number of nitrogen functional groups attached to an aromatic ring is 1. The molecule has 4 N–H and O–H groups in total. The summed E-state index contributed by atoms with van der Waals surface area (Å²) in [6, 6.07) is 6.22. The molecule has 3 heterocycles. The Labute approximate surface area is 324 Å². The van der Waals surface area contributed by atoms with E-state index in [1.165, 1.54) is 83.5 Å². The summed E-state index contributed by atoms with van der Waals surface area (Å²) < 4.78 is 7.64. The second kappa shape index (κ2) is 24.3. The molecule has 0 saturated carbocycles. The van der Waals surface area contributed by atoms with Crippen molar-refractivity contribution in [1.82, 2.24) is 30.0 Å². The molecule has 0 unspecified atom stereocenters. The molecule has 0 radical (unpaired) electrons. The fourth-order valence-electron chi connectivity index (χ4n) is 7.23. The first-order valence-corrected chi connectivity index (χ1v) is 21.1. The highest BCUT2D eigenvalue weighted by molar-refractivity contribution is 5.85. The maximum Gasteiger partial charge on any atom is 0.224 e. The molecular formula is C42H69N9O3. The van der Waals surface area contributed by atoms with Gasteiger partial charge in [0, 0.05) is 69.4 Å². The highest BCUT2D eigenvalue weighted by Crippen LogP contribution is 2.28. The predicted octanol–water partition coefficient (Wildman–Crippen LogP) is 8.09. The van der Waals surface area contributed by atoms with Crippen LogP contribution in [0.3, 0.4) is 0 Å². The number of benzene rings is 1. The van der Waals surface area contributed by atoms with Gasteiger partial charge in [0.25, 0.3) is 0 Å². The third-order valence-corrected chi connectivity index (χ3v) is 10.5. The first-order valence-electron chi connectivity index (χ1n) is 21.1. The number of amides is 2. The number of carbonyl (C=O) groups is 2. The molecule has 1 aliphatic heterocycles. The minimum absolute atomic E-state index is 0.0584. The van der Waals surface area contributed by atoms with Crippen molar-refractivity contribution in [1.29, 1.82) is 0 Å². The maximum atomic E-state index is 12.9. The Morgan fingerprint density at radius 2 is 1.41 bits per heavy atom. The van der Waals surface area contributed by atoms with Crippen molar-refractivity contribution in [2.75, 3.05) is 62.3 Å². The van der Waals surface area contributed by atoms with E-state index in [2.05, 4.69) is 57.5 Å². The average molecular weight is 748 g/mol. The van der Waals surface area contributed by atoms with Crippen molar-refractivity contribution in [3.05, 3.63) is 30.0 Å². The number of aromatic nitrogens is 4. The molecule has 0 spiro atoms. The van der Waals surface area contributed by atoms with Gasteiger partial charge in [0.2, 0.25) is 17.8 Å². The third-order valence-electron chi connectivity index (χ3n) is 10.5. The third kappa shape index (κ3) is 14.6. The molecule has 12 nitrogen and oxygen atoms in total. The lowest BCUT2D eigenvalue weighted by Gasteiger charge is -2.36. The molecule has 1 aromatic carbocycles. The van der Waals surface area contributed by atoms with E-state index in [0.717, 1.165) is 62.3 Å². The van der Waals surface area contributed by atoms with Crippen LogP contribution >= 0.6 is 0 Å². The molecule has 12 heteroatoms. The number of unbranched alkanes of at least 4 members (excludes halogenated alkanes) is 15. The van der Waals surface area contributed by atoms with Crippen LogP contribution in [-0.4, -0.2) is 82.8 Å². The largest absolute Gasteiger partial charge is 0.496 e. The molecule has 300 valence electrons. The number of fused-ring (bicyclic) bond motifs is 1. The van der Waals surface area contributed by atoms with E-state index < -0.39 is 0 Å². The van der Waals surface area contributed by atoms with Crippen LogP contribution < -0.4 is 26.0 Å². The Bertz CT molecular complexity index is 1540. The first kappa shape index (κ1) is 42.6. The summed E-state index contributed by atoms with van der Waals surface area (Å²) >= 11 is 0. The summed E-state index contributed by atoms with van der Waals surface area (Å²) in [7, 11) is 1.68. The standard InChI is InChI=1S/C42H69N9O3/c1-4-6-8-9-10-11-12-13-14-15-16-17-18-19-20-21-38(52)44-26-24-39(53)50-29-27-49(28-30-50)35-23-22-34(37(31-35)54-3)32-51-33-36-40(48-51)41(45-25-7-5-2)47-42(43)46-36/h22-23,31,33H,4-21,24-30,32H2,1-3H3,(H,44,52)(H3,43,45,46,47). The fourth-order valence-corrected chi connectivity index (χ4v) is 7.23. The fraction of sp³-hybridized carbons (Fsp3) is 0.690. The van der Waals surface area contributed by atoms with Gasteiger partial charge in [-0.3, -0.25) is 14.3 Å². The van der Waals surface area contributed by atoms with Gasteiger partial charge in [-0.2, -0.15) is 10.1 Å². The molecular weight excluding hydrogens is 679 g/mol. The van der Waals surface area contributed by atoms with Crippen LogP contribution in [0.15, 0.2) is 24.4 Å². The summed E-state index contributed by atoms with van der Waals surface area (Å²) in [5, 5.41) is 11.1. The molecule has 3 aromatic rings. The van der Waals surface area contributed by atoms with Crippen molar-refractivity contribution in [3.63, 3.8) is 0 Å². The highest BCUT2D eigenvalue weighted by Gasteiger charge is 2.22. The Morgan fingerprint density at radius 3 is 2.04 bits per heavy atom. The van der Waals surface area contributed by atoms with Crippen LogP contribution in [0, 0.1) is 0 Å². The second-order valence-corrected chi connectivity index (χ2v) is 14.9. The van der Waals surface area contributed by atoms with Crippen LogP contribution in [0.2, 0.25) is 0 Å². The molecule has 0 bridgehead atoms. The number of nitrogens with one attached hydrogen (secondary N) is 2. The lowest BCUT2D eigenvalue weighted by Crippen LogP contribution is -2.49. The van der Waals surface area contributed by atoms with Crippen molar-refractivity contribution in [2.24, 2.45) is 0 Å². The highest BCUT2D eigenvalue weighted by atomic mass is 16.5. The van der Waals surface area contributed by atoms with Crippen LogP contribution in [0.4, 0.5) is 17.5 Å². The average Bonchev–Trinajstić information content (AvgIpc) is 3.58. The number of hydrogen-bond donors (Lipinski definition) is 3. The molecule has 4 rings (SSSR count). The Morgan fingerprint density at radius 1 is 0.778 bits per heavy atom. The minimum Gasteiger partial charge on any atom is -0.496 e. The Balaban J connectivity index is 1.08. The van der Waals surface area contributed by atoms with Crippen molar-refractivity contribution in [2.45, 2.75) is 142 Å². The molecule has 0 atom stereocenters. The number of hydrogen-bond acceptors (Lipinski definition) is 9. The minimum atomic E-state index is 0.0584. The second-order valence-electron chi connectivity index (χ2n) is 14.9. The molecule has 2 aromatic heterocycles. The zero-order valence-electron chi connectivity index (χ0n) is 33.7. The lowest BCUT2D eigenvalue weighted by molar-refractivity contribution is -0.131. The van der Waals surface area contributed by atoms with E-state index >= 15 is 0 Å². The summed E-state index contributed by atoms with van der Waals surface area (Å²) in [6.07, 6.45) is 24.6. The van der Waals surface area contributed by atoms with Crippen LogP contribution in [0.25, 0.3) is 11.0 Å². The van der Waals surface area contributed by atoms with E-state index in [-0.39, 0.29) is 17.8 Å². The van der Waals surface area contributed by atoms with Crippen molar-refractivity contribution >= 4 is 40.3 Å². The van der Waals surface area contributed by atoms with Crippen molar-refractivity contribution < 1.29 is 14.3 Å². The molecule has 54 heavy (non-hydrogen) atoms. The number of ether oxygens (including phenoxy) is 1. The zero-order valence-corrected chi connectivity index (χ0v) is 33.7. The SMILES string of the molecule is CCCCCCCCCCCCCCCCCC(=O)NCCC(=O)N1CCN(c2ccc(Cn3cc4nc(N)nc(NCCCC)c4n3)c(OC)c2)CC1. The number of nitrogens with two attached hydrogens (primary N) is 1. The topological polar surface area (TPSA) is 144 Å². The lowest BCUT2D eigenvalue weighted by atomic mass is 10.0. The monoisotopic (exact) mass is 748 g/mol. The summed E-state index contributed by atoms with van der Waals surface area (Å²) in [6.45, 7) is 8.89. The van der Waals surface area contributed by atoms with E-state index in [9.17, 15) is 9.59 Å². The van der Waals surface area contributed by atoms with Gasteiger partial charge in [0.1, 0.15) is 11.3 Å². The number of rotatable bonds is 27. The van der Waals surface area contributed by atoms with Gasteiger partial charge >= 0.3 is 0 Å². The van der Waals surface area contributed by atoms with Crippen LogP contribution in [0.1, 0.15) is 141 Å². The van der Waals surface area contributed by atoms with Gasteiger partial charge in [-0.15, -0.1) is 0 Å². The molecule has 2 amide bonds. The number of methoxy groups -OCH3 is 1. The summed E-state index contributed by atoms with van der Waals surface area (Å²) in [5.74, 6) is 1.80. The molecule has 1 aliphatic rings. The van der Waals surface area contributed by atoms with Gasteiger partial charge in [0.15, 0.2) is 11.3 Å². The van der Waals surface area contributed by atoms with Gasteiger partial charge in [0.05, 0.1) is 19.9 Å². The van der Waals surface area contributed by atoms with Crippen molar-refractivity contribution in [3.8, 4) is 5.75 Å². The number of anilines is 3. The predicted molar refractivity (Wildman–Crippen MR) is 221 cm³/mol. The first-order chi connectivity index (χ1) is 26.4.